The number of halogens is 1. The average Bonchev–Trinajstić information content (AvgIpc) is 3.39. The number of hydrogen-bond acceptors (Lipinski definition) is 4. The molecule has 0 fully saturated rings. The number of carbonyl (C=O) groups is 1. The summed E-state index contributed by atoms with van der Waals surface area (Å²) in [6.07, 6.45) is 5.86. The lowest BCUT2D eigenvalue weighted by Crippen LogP contribution is -2.10. The van der Waals surface area contributed by atoms with Gasteiger partial charge in [0.1, 0.15) is 5.82 Å². The summed E-state index contributed by atoms with van der Waals surface area (Å²) in [4.78, 5) is 18.9. The number of aromatic amines is 1. The molecule has 0 aliphatic carbocycles. The molecule has 0 saturated heterocycles. The topological polar surface area (TPSA) is 57.8 Å². The lowest BCUT2D eigenvalue weighted by Gasteiger charge is -2.12. The highest BCUT2D eigenvalue weighted by Gasteiger charge is 2.16. The minimum atomic E-state index is 0.195. The molecule has 3 heterocycles. The average molecular weight is 488 g/mol. The SMILES string of the molecule is CC(C)CC(/C=C\CNC=O)c1nc2ccc(-c3csc4c(Br)csc34)cc2[nH]1. The highest BCUT2D eigenvalue weighted by Crippen LogP contribution is 2.42. The molecule has 0 radical (unpaired) electrons. The third-order valence-electron chi connectivity index (χ3n) is 4.82. The second-order valence-corrected chi connectivity index (χ2v) is 10.0. The van der Waals surface area contributed by atoms with Gasteiger partial charge < -0.3 is 10.3 Å². The predicted molar refractivity (Wildman–Crippen MR) is 128 cm³/mol. The minimum Gasteiger partial charge on any atom is -0.355 e. The van der Waals surface area contributed by atoms with Crippen molar-refractivity contribution in [1.29, 1.82) is 0 Å². The largest absolute Gasteiger partial charge is 0.355 e. The first-order valence-corrected chi connectivity index (χ1v) is 12.1. The third-order valence-corrected chi connectivity index (χ3v) is 8.16. The maximum Gasteiger partial charge on any atom is 0.207 e. The number of benzene rings is 1. The van der Waals surface area contributed by atoms with E-state index in [2.05, 4.69) is 75.1 Å². The molecule has 3 aromatic heterocycles. The van der Waals surface area contributed by atoms with Gasteiger partial charge in [-0.15, -0.1) is 22.7 Å². The van der Waals surface area contributed by atoms with Crippen LogP contribution in [0.15, 0.2) is 45.6 Å². The van der Waals surface area contributed by atoms with E-state index >= 15 is 0 Å². The van der Waals surface area contributed by atoms with Gasteiger partial charge in [-0.25, -0.2) is 4.98 Å². The van der Waals surface area contributed by atoms with Crippen molar-refractivity contribution in [2.45, 2.75) is 26.2 Å². The molecule has 0 spiro atoms. The number of thiophene rings is 2. The van der Waals surface area contributed by atoms with Gasteiger partial charge in [0, 0.05) is 33.3 Å². The van der Waals surface area contributed by atoms with Gasteiger partial charge in [0.05, 0.1) is 20.4 Å². The summed E-state index contributed by atoms with van der Waals surface area (Å²) in [7, 11) is 0. The maximum absolute atomic E-state index is 10.5. The lowest BCUT2D eigenvalue weighted by atomic mass is 9.96. The van der Waals surface area contributed by atoms with Gasteiger partial charge in [-0.05, 0) is 46.0 Å². The summed E-state index contributed by atoms with van der Waals surface area (Å²) < 4.78 is 3.80. The molecule has 29 heavy (non-hydrogen) atoms. The molecule has 1 aromatic carbocycles. The number of allylic oxidation sites excluding steroid dienone is 1. The number of nitrogens with one attached hydrogen (secondary N) is 2. The number of amides is 1. The Bertz CT molecular complexity index is 1170. The normalized spacial score (nSPS) is 13.1. The molecular weight excluding hydrogens is 466 g/mol. The second-order valence-electron chi connectivity index (χ2n) is 7.44. The van der Waals surface area contributed by atoms with Crippen molar-refractivity contribution >= 4 is 65.4 Å². The lowest BCUT2D eigenvalue weighted by molar-refractivity contribution is -0.109. The summed E-state index contributed by atoms with van der Waals surface area (Å²) in [5.74, 6) is 1.71. The number of carbonyl (C=O) groups excluding carboxylic acids is 1. The van der Waals surface area contributed by atoms with Crippen molar-refractivity contribution in [3.63, 3.8) is 0 Å². The van der Waals surface area contributed by atoms with Crippen molar-refractivity contribution in [3.05, 3.63) is 51.4 Å². The van der Waals surface area contributed by atoms with Crippen LogP contribution in [0.4, 0.5) is 0 Å². The highest BCUT2D eigenvalue weighted by atomic mass is 79.9. The summed E-state index contributed by atoms with van der Waals surface area (Å²) in [5, 5.41) is 7.06. The highest BCUT2D eigenvalue weighted by molar-refractivity contribution is 9.10. The van der Waals surface area contributed by atoms with E-state index < -0.39 is 0 Å². The summed E-state index contributed by atoms with van der Waals surface area (Å²) in [5.41, 5.74) is 4.52. The van der Waals surface area contributed by atoms with E-state index in [-0.39, 0.29) is 5.92 Å². The van der Waals surface area contributed by atoms with Crippen molar-refractivity contribution in [2.75, 3.05) is 6.54 Å². The molecule has 4 aromatic rings. The number of nitrogens with zero attached hydrogens (tertiary/aromatic N) is 1. The van der Waals surface area contributed by atoms with E-state index in [1.54, 1.807) is 22.7 Å². The Morgan fingerprint density at radius 2 is 2.07 bits per heavy atom. The minimum absolute atomic E-state index is 0.195. The van der Waals surface area contributed by atoms with Crippen LogP contribution in [-0.2, 0) is 4.79 Å². The van der Waals surface area contributed by atoms with Crippen LogP contribution in [0.3, 0.4) is 0 Å². The van der Waals surface area contributed by atoms with Crippen molar-refractivity contribution in [2.24, 2.45) is 5.92 Å². The number of imidazole rings is 1. The standard InChI is InChI=1S/C22H22BrN3OS2/c1-13(2)8-15(4-3-7-24-12-27)22-25-18-6-5-14(9-19(18)26-22)16-10-28-21-17(23)11-29-20(16)21/h3-6,9-13,15H,7-8H2,1-2H3,(H,24,27)(H,25,26)/b4-3-. The zero-order chi connectivity index (χ0) is 20.4. The molecule has 1 amide bonds. The van der Waals surface area contributed by atoms with Crippen LogP contribution in [0, 0.1) is 5.92 Å². The molecular formula is C22H22BrN3OS2. The first kappa shape index (κ1) is 20.3. The molecule has 0 aliphatic heterocycles. The van der Waals surface area contributed by atoms with Crippen LogP contribution in [0.2, 0.25) is 0 Å². The zero-order valence-electron chi connectivity index (χ0n) is 16.2. The van der Waals surface area contributed by atoms with Crippen LogP contribution in [0.25, 0.3) is 31.6 Å². The number of hydrogen-bond donors (Lipinski definition) is 2. The fourth-order valence-corrected chi connectivity index (χ4v) is 6.57. The van der Waals surface area contributed by atoms with E-state index in [0.717, 1.165) is 29.7 Å². The van der Waals surface area contributed by atoms with Gasteiger partial charge >= 0.3 is 0 Å². The van der Waals surface area contributed by atoms with Crippen LogP contribution >= 0.6 is 38.6 Å². The molecule has 0 aliphatic rings. The maximum atomic E-state index is 10.5. The Hall–Kier alpha value is -1.96. The van der Waals surface area contributed by atoms with Gasteiger partial charge in [-0.2, -0.15) is 0 Å². The van der Waals surface area contributed by atoms with Crippen molar-refractivity contribution < 1.29 is 4.79 Å². The van der Waals surface area contributed by atoms with Gasteiger partial charge in [0.2, 0.25) is 6.41 Å². The van der Waals surface area contributed by atoms with Crippen molar-refractivity contribution in [1.82, 2.24) is 15.3 Å². The second kappa shape index (κ2) is 8.81. The number of rotatable bonds is 8. The molecule has 1 atom stereocenters. The number of fused-ring (bicyclic) bond motifs is 2. The summed E-state index contributed by atoms with van der Waals surface area (Å²) in [6.45, 7) is 4.96. The van der Waals surface area contributed by atoms with E-state index in [1.165, 1.54) is 25.0 Å². The van der Waals surface area contributed by atoms with Crippen LogP contribution in [-0.4, -0.2) is 22.9 Å². The number of aromatic nitrogens is 2. The van der Waals surface area contributed by atoms with Gasteiger partial charge in [0.25, 0.3) is 0 Å². The molecule has 1 unspecified atom stereocenters. The van der Waals surface area contributed by atoms with Gasteiger partial charge in [-0.3, -0.25) is 4.79 Å². The summed E-state index contributed by atoms with van der Waals surface area (Å²) in [6, 6.07) is 6.45. The monoisotopic (exact) mass is 487 g/mol. The third kappa shape index (κ3) is 4.32. The van der Waals surface area contributed by atoms with Crippen LogP contribution in [0.5, 0.6) is 0 Å². The molecule has 150 valence electrons. The zero-order valence-corrected chi connectivity index (χ0v) is 19.5. The smallest absolute Gasteiger partial charge is 0.207 e. The number of H-pyrrole nitrogens is 1. The molecule has 4 rings (SSSR count). The Morgan fingerprint density at radius 3 is 2.86 bits per heavy atom. The van der Waals surface area contributed by atoms with Gasteiger partial charge in [-0.1, -0.05) is 32.1 Å². The first-order valence-electron chi connectivity index (χ1n) is 9.54. The molecule has 7 heteroatoms. The van der Waals surface area contributed by atoms with Gasteiger partial charge in [0.15, 0.2) is 0 Å². The molecule has 0 saturated carbocycles. The fraction of sp³-hybridized carbons (Fsp3) is 0.273. The van der Waals surface area contributed by atoms with E-state index in [4.69, 9.17) is 4.98 Å². The predicted octanol–water partition coefficient (Wildman–Crippen LogP) is 6.70. The molecule has 2 N–H and O–H groups in total. The van der Waals surface area contributed by atoms with Crippen LogP contribution in [0.1, 0.15) is 32.0 Å². The van der Waals surface area contributed by atoms with Crippen molar-refractivity contribution in [3.8, 4) is 11.1 Å². The molecule has 4 nitrogen and oxygen atoms in total. The van der Waals surface area contributed by atoms with Crippen LogP contribution < -0.4 is 5.32 Å². The Morgan fingerprint density at radius 1 is 1.24 bits per heavy atom. The Balaban J connectivity index is 1.67. The quantitative estimate of drug-likeness (QED) is 0.165. The Labute approximate surface area is 186 Å². The fourth-order valence-electron chi connectivity index (χ4n) is 3.50. The van der Waals surface area contributed by atoms with E-state index in [0.29, 0.717) is 12.5 Å². The van der Waals surface area contributed by atoms with E-state index in [9.17, 15) is 4.79 Å². The summed E-state index contributed by atoms with van der Waals surface area (Å²) >= 11 is 7.19. The molecule has 0 bridgehead atoms. The Kier molecular flexibility index (Phi) is 6.18. The van der Waals surface area contributed by atoms with E-state index in [1.807, 2.05) is 6.08 Å². The first-order chi connectivity index (χ1) is 14.1.